The van der Waals surface area contributed by atoms with Crippen molar-refractivity contribution in [3.8, 4) is 5.75 Å². The van der Waals surface area contributed by atoms with Crippen LogP contribution in [-0.2, 0) is 25.6 Å². The zero-order valence-electron chi connectivity index (χ0n) is 18.8. The Hall–Kier alpha value is -3.06. The van der Waals surface area contributed by atoms with Crippen molar-refractivity contribution >= 4 is 17.7 Å². The van der Waals surface area contributed by atoms with Crippen LogP contribution in [0.15, 0.2) is 48.5 Å². The summed E-state index contributed by atoms with van der Waals surface area (Å²) in [7, 11) is 0. The number of amides is 1. The van der Waals surface area contributed by atoms with E-state index in [-0.39, 0.29) is 36.9 Å². The molecule has 0 spiro atoms. The molecule has 0 bridgehead atoms. The number of ether oxygens (including phenoxy) is 4. The first-order valence-electron chi connectivity index (χ1n) is 11.0. The molecule has 0 saturated heterocycles. The van der Waals surface area contributed by atoms with Crippen molar-refractivity contribution in [1.82, 2.24) is 0 Å². The van der Waals surface area contributed by atoms with Gasteiger partial charge in [0.1, 0.15) is 12.4 Å². The van der Waals surface area contributed by atoms with E-state index in [0.717, 1.165) is 11.1 Å². The Morgan fingerprint density at radius 3 is 2.62 bits per heavy atom. The standard InChI is InChI=1S/C25H31NO6/c1-4-29-24-19(12-23(27)31-14-17(2)3)16-30-22-11-10-20(13-21(22)24)26-25(28)32-15-18-8-6-5-7-9-18/h5-11,13,17,19,24H,4,12,14-16H2,1-3H3,(H,26,28). The second-order valence-electron chi connectivity index (χ2n) is 8.17. The first-order chi connectivity index (χ1) is 15.5. The minimum absolute atomic E-state index is 0.178. The van der Waals surface area contributed by atoms with E-state index in [2.05, 4.69) is 5.32 Å². The minimum Gasteiger partial charge on any atom is -0.493 e. The monoisotopic (exact) mass is 441 g/mol. The molecule has 7 heteroatoms. The number of rotatable bonds is 9. The summed E-state index contributed by atoms with van der Waals surface area (Å²) < 4.78 is 22.5. The van der Waals surface area contributed by atoms with Crippen LogP contribution in [0.4, 0.5) is 10.5 Å². The van der Waals surface area contributed by atoms with E-state index in [1.165, 1.54) is 0 Å². The highest BCUT2D eigenvalue weighted by Crippen LogP contribution is 2.41. The zero-order chi connectivity index (χ0) is 22.9. The summed E-state index contributed by atoms with van der Waals surface area (Å²) in [4.78, 5) is 24.5. The summed E-state index contributed by atoms with van der Waals surface area (Å²) in [5.41, 5.74) is 2.27. The number of anilines is 1. The SMILES string of the molecule is CCOC1c2cc(NC(=O)OCc3ccccc3)ccc2OCC1CC(=O)OCC(C)C. The van der Waals surface area contributed by atoms with Crippen LogP contribution in [0.25, 0.3) is 0 Å². The van der Waals surface area contributed by atoms with E-state index in [0.29, 0.717) is 31.3 Å². The maximum absolute atomic E-state index is 12.3. The van der Waals surface area contributed by atoms with Crippen molar-refractivity contribution in [2.24, 2.45) is 11.8 Å². The summed E-state index contributed by atoms with van der Waals surface area (Å²) in [6.07, 6.45) is -0.683. The molecule has 1 heterocycles. The lowest BCUT2D eigenvalue weighted by molar-refractivity contribution is -0.148. The Bertz CT molecular complexity index is 899. The summed E-state index contributed by atoms with van der Waals surface area (Å²) in [5.74, 6) is 0.514. The number of benzene rings is 2. The Balaban J connectivity index is 1.66. The van der Waals surface area contributed by atoms with Gasteiger partial charge < -0.3 is 18.9 Å². The normalized spacial score (nSPS) is 17.2. The van der Waals surface area contributed by atoms with Crippen LogP contribution in [0.3, 0.4) is 0 Å². The second kappa shape index (κ2) is 11.5. The fourth-order valence-electron chi connectivity index (χ4n) is 3.50. The third-order valence-electron chi connectivity index (χ3n) is 5.01. The third kappa shape index (κ3) is 6.72. The summed E-state index contributed by atoms with van der Waals surface area (Å²) in [6, 6.07) is 14.8. The average Bonchev–Trinajstić information content (AvgIpc) is 2.78. The van der Waals surface area contributed by atoms with Gasteiger partial charge in [0.25, 0.3) is 0 Å². The Morgan fingerprint density at radius 2 is 1.91 bits per heavy atom. The lowest BCUT2D eigenvalue weighted by Crippen LogP contribution is -2.30. The molecule has 0 saturated carbocycles. The first kappa shape index (κ1) is 23.6. The van der Waals surface area contributed by atoms with E-state index < -0.39 is 6.09 Å². The molecule has 0 aromatic heterocycles. The van der Waals surface area contributed by atoms with Gasteiger partial charge in [0, 0.05) is 23.8 Å². The molecule has 172 valence electrons. The van der Waals surface area contributed by atoms with Crippen molar-refractivity contribution in [3.63, 3.8) is 0 Å². The highest BCUT2D eigenvalue weighted by molar-refractivity contribution is 5.85. The molecule has 7 nitrogen and oxygen atoms in total. The van der Waals surface area contributed by atoms with Crippen molar-refractivity contribution in [3.05, 3.63) is 59.7 Å². The van der Waals surface area contributed by atoms with E-state index in [1.54, 1.807) is 12.1 Å². The van der Waals surface area contributed by atoms with Gasteiger partial charge in [-0.05, 0) is 36.6 Å². The Morgan fingerprint density at radius 1 is 1.12 bits per heavy atom. The number of esters is 1. The molecule has 1 aliphatic heterocycles. The summed E-state index contributed by atoms with van der Waals surface area (Å²) >= 11 is 0. The number of carbonyl (C=O) groups is 2. The van der Waals surface area contributed by atoms with Gasteiger partial charge in [-0.3, -0.25) is 10.1 Å². The zero-order valence-corrected chi connectivity index (χ0v) is 18.8. The maximum Gasteiger partial charge on any atom is 0.411 e. The predicted molar refractivity (Wildman–Crippen MR) is 120 cm³/mol. The van der Waals surface area contributed by atoms with E-state index in [9.17, 15) is 9.59 Å². The van der Waals surface area contributed by atoms with Crippen LogP contribution in [0.1, 0.15) is 44.4 Å². The van der Waals surface area contributed by atoms with E-state index in [1.807, 2.05) is 57.2 Å². The number of fused-ring (bicyclic) bond motifs is 1. The molecule has 2 aromatic rings. The van der Waals surface area contributed by atoms with Crippen LogP contribution >= 0.6 is 0 Å². The number of hydrogen-bond donors (Lipinski definition) is 1. The largest absolute Gasteiger partial charge is 0.493 e. The number of hydrogen-bond acceptors (Lipinski definition) is 6. The van der Waals surface area contributed by atoms with Gasteiger partial charge in [0.15, 0.2) is 0 Å². The molecular formula is C25H31NO6. The molecule has 0 aliphatic carbocycles. The predicted octanol–water partition coefficient (Wildman–Crippen LogP) is 5.11. The quantitative estimate of drug-likeness (QED) is 0.545. The van der Waals surface area contributed by atoms with Gasteiger partial charge in [0.2, 0.25) is 0 Å². The van der Waals surface area contributed by atoms with Crippen LogP contribution in [0.5, 0.6) is 5.75 Å². The van der Waals surface area contributed by atoms with Gasteiger partial charge in [-0.2, -0.15) is 0 Å². The topological polar surface area (TPSA) is 83.1 Å². The van der Waals surface area contributed by atoms with Gasteiger partial charge in [0.05, 0.1) is 25.7 Å². The Kier molecular flexibility index (Phi) is 8.50. The van der Waals surface area contributed by atoms with Crippen molar-refractivity contribution in [2.45, 2.75) is 39.9 Å². The van der Waals surface area contributed by atoms with Gasteiger partial charge in [-0.25, -0.2) is 4.79 Å². The first-order valence-corrected chi connectivity index (χ1v) is 11.0. The molecule has 1 N–H and O–H groups in total. The maximum atomic E-state index is 12.3. The lowest BCUT2D eigenvalue weighted by Gasteiger charge is -2.33. The van der Waals surface area contributed by atoms with Gasteiger partial charge in [-0.15, -0.1) is 0 Å². The van der Waals surface area contributed by atoms with Gasteiger partial charge in [-0.1, -0.05) is 44.2 Å². The molecule has 1 aliphatic rings. The molecular weight excluding hydrogens is 410 g/mol. The fourth-order valence-corrected chi connectivity index (χ4v) is 3.50. The summed E-state index contributed by atoms with van der Waals surface area (Å²) in [6.45, 7) is 7.32. The van der Waals surface area contributed by atoms with Crippen LogP contribution in [0.2, 0.25) is 0 Å². The number of carbonyl (C=O) groups excluding carboxylic acids is 2. The fraction of sp³-hybridized carbons (Fsp3) is 0.440. The van der Waals surface area contributed by atoms with Crippen molar-refractivity contribution in [2.75, 3.05) is 25.1 Å². The molecule has 3 rings (SSSR count). The number of nitrogens with one attached hydrogen (secondary N) is 1. The van der Waals surface area contributed by atoms with E-state index in [4.69, 9.17) is 18.9 Å². The molecule has 2 unspecified atom stereocenters. The molecule has 2 atom stereocenters. The van der Waals surface area contributed by atoms with Crippen LogP contribution < -0.4 is 10.1 Å². The molecule has 32 heavy (non-hydrogen) atoms. The molecule has 0 radical (unpaired) electrons. The van der Waals surface area contributed by atoms with E-state index >= 15 is 0 Å². The Labute approximate surface area is 189 Å². The average molecular weight is 442 g/mol. The minimum atomic E-state index is -0.549. The summed E-state index contributed by atoms with van der Waals surface area (Å²) in [5, 5.41) is 2.75. The molecule has 0 fully saturated rings. The highest BCUT2D eigenvalue weighted by Gasteiger charge is 2.34. The molecule has 1 amide bonds. The highest BCUT2D eigenvalue weighted by atomic mass is 16.5. The van der Waals surface area contributed by atoms with Crippen molar-refractivity contribution < 1.29 is 28.5 Å². The van der Waals surface area contributed by atoms with Crippen LogP contribution in [0, 0.1) is 11.8 Å². The molecule has 2 aromatic carbocycles. The lowest BCUT2D eigenvalue weighted by atomic mass is 9.90. The third-order valence-corrected chi connectivity index (χ3v) is 5.01. The smallest absolute Gasteiger partial charge is 0.411 e. The van der Waals surface area contributed by atoms with Crippen LogP contribution in [-0.4, -0.2) is 31.9 Å². The van der Waals surface area contributed by atoms with Crippen molar-refractivity contribution in [1.29, 1.82) is 0 Å². The second-order valence-corrected chi connectivity index (χ2v) is 8.17. The van der Waals surface area contributed by atoms with Gasteiger partial charge >= 0.3 is 12.1 Å².